The van der Waals surface area contributed by atoms with Crippen LogP contribution in [0, 0.1) is 5.92 Å². The zero-order valence-electron chi connectivity index (χ0n) is 12.6. The molecule has 0 aliphatic carbocycles. The van der Waals surface area contributed by atoms with Crippen molar-refractivity contribution in [2.75, 3.05) is 6.54 Å². The maximum absolute atomic E-state index is 12.2. The standard InChI is InChI=1S/C17H18N2O4/c20-14-5-3-12(4-6-14)9-18-17(22)13-8-16(21)19(10-13)11-15-2-1-7-23-15/h1-7,13,20H,8-11H2,(H,18,22)/t13-/m0/s1. The van der Waals surface area contributed by atoms with Gasteiger partial charge in [-0.05, 0) is 29.8 Å². The van der Waals surface area contributed by atoms with Gasteiger partial charge in [0.2, 0.25) is 11.8 Å². The number of likely N-dealkylation sites (tertiary alicyclic amines) is 1. The summed E-state index contributed by atoms with van der Waals surface area (Å²) < 4.78 is 5.24. The largest absolute Gasteiger partial charge is 0.508 e. The lowest BCUT2D eigenvalue weighted by atomic mass is 10.1. The van der Waals surface area contributed by atoms with Crippen LogP contribution in [0.15, 0.2) is 47.1 Å². The first-order chi connectivity index (χ1) is 11.1. The van der Waals surface area contributed by atoms with E-state index in [4.69, 9.17) is 4.42 Å². The smallest absolute Gasteiger partial charge is 0.225 e. The zero-order valence-corrected chi connectivity index (χ0v) is 12.6. The second kappa shape index (κ2) is 6.56. The summed E-state index contributed by atoms with van der Waals surface area (Å²) in [5.74, 6) is 0.396. The Kier molecular flexibility index (Phi) is 4.32. The van der Waals surface area contributed by atoms with Crippen LogP contribution < -0.4 is 5.32 Å². The van der Waals surface area contributed by atoms with Gasteiger partial charge in [-0.25, -0.2) is 0 Å². The van der Waals surface area contributed by atoms with Crippen LogP contribution in [0.4, 0.5) is 0 Å². The molecule has 0 radical (unpaired) electrons. The lowest BCUT2D eigenvalue weighted by Crippen LogP contribution is -2.32. The molecule has 23 heavy (non-hydrogen) atoms. The van der Waals surface area contributed by atoms with Gasteiger partial charge in [0.15, 0.2) is 0 Å². The van der Waals surface area contributed by atoms with Gasteiger partial charge in [-0.3, -0.25) is 9.59 Å². The van der Waals surface area contributed by atoms with E-state index in [1.165, 1.54) is 0 Å². The van der Waals surface area contributed by atoms with E-state index >= 15 is 0 Å². The molecule has 0 saturated carbocycles. The molecule has 1 atom stereocenters. The van der Waals surface area contributed by atoms with Crippen molar-refractivity contribution >= 4 is 11.8 Å². The third kappa shape index (κ3) is 3.71. The number of hydrogen-bond donors (Lipinski definition) is 2. The van der Waals surface area contributed by atoms with Crippen molar-refractivity contribution in [3.63, 3.8) is 0 Å². The van der Waals surface area contributed by atoms with Gasteiger partial charge in [0.25, 0.3) is 0 Å². The Morgan fingerprint density at radius 3 is 2.78 bits per heavy atom. The van der Waals surface area contributed by atoms with Crippen molar-refractivity contribution in [1.82, 2.24) is 10.2 Å². The monoisotopic (exact) mass is 314 g/mol. The summed E-state index contributed by atoms with van der Waals surface area (Å²) in [5, 5.41) is 12.1. The Balaban J connectivity index is 1.52. The van der Waals surface area contributed by atoms with Crippen molar-refractivity contribution in [2.24, 2.45) is 5.92 Å². The van der Waals surface area contributed by atoms with Gasteiger partial charge in [0.05, 0.1) is 18.7 Å². The first kappa shape index (κ1) is 15.1. The number of benzene rings is 1. The van der Waals surface area contributed by atoms with Crippen LogP contribution in [0.2, 0.25) is 0 Å². The van der Waals surface area contributed by atoms with Crippen molar-refractivity contribution < 1.29 is 19.1 Å². The molecule has 6 nitrogen and oxygen atoms in total. The van der Waals surface area contributed by atoms with Crippen molar-refractivity contribution in [1.29, 1.82) is 0 Å². The SMILES string of the molecule is O=C(NCc1ccc(O)cc1)[C@H]1CC(=O)N(Cc2ccco2)C1. The number of carbonyl (C=O) groups excluding carboxylic acids is 2. The molecule has 3 rings (SSSR count). The summed E-state index contributed by atoms with van der Waals surface area (Å²) in [7, 11) is 0. The van der Waals surface area contributed by atoms with Gasteiger partial charge in [-0.2, -0.15) is 0 Å². The summed E-state index contributed by atoms with van der Waals surface area (Å²) in [5.41, 5.74) is 0.896. The number of aromatic hydroxyl groups is 1. The molecule has 2 aromatic rings. The van der Waals surface area contributed by atoms with Crippen LogP contribution in [-0.2, 0) is 22.7 Å². The lowest BCUT2D eigenvalue weighted by molar-refractivity contribution is -0.129. The minimum absolute atomic E-state index is 0.0359. The Bertz CT molecular complexity index is 679. The molecule has 1 aliphatic heterocycles. The highest BCUT2D eigenvalue weighted by Crippen LogP contribution is 2.20. The predicted octanol–water partition coefficient (Wildman–Crippen LogP) is 1.65. The number of furan rings is 1. The van der Waals surface area contributed by atoms with Crippen LogP contribution in [0.5, 0.6) is 5.75 Å². The Hall–Kier alpha value is -2.76. The van der Waals surface area contributed by atoms with Gasteiger partial charge in [0.1, 0.15) is 11.5 Å². The van der Waals surface area contributed by atoms with Crippen LogP contribution in [-0.4, -0.2) is 28.4 Å². The van der Waals surface area contributed by atoms with E-state index in [0.717, 1.165) is 5.56 Å². The fourth-order valence-corrected chi connectivity index (χ4v) is 2.64. The quantitative estimate of drug-likeness (QED) is 0.879. The number of phenols is 1. The number of nitrogens with zero attached hydrogens (tertiary/aromatic N) is 1. The summed E-state index contributed by atoms with van der Waals surface area (Å²) in [6.07, 6.45) is 1.79. The van der Waals surface area contributed by atoms with Crippen LogP contribution in [0.3, 0.4) is 0 Å². The average Bonchev–Trinajstić information content (AvgIpc) is 3.17. The molecule has 0 bridgehead atoms. The number of amides is 2. The van der Waals surface area contributed by atoms with Crippen molar-refractivity contribution in [3.8, 4) is 5.75 Å². The van der Waals surface area contributed by atoms with Crippen molar-refractivity contribution in [2.45, 2.75) is 19.5 Å². The molecule has 0 unspecified atom stereocenters. The van der Waals surface area contributed by atoms with E-state index in [0.29, 0.717) is 25.4 Å². The van der Waals surface area contributed by atoms with Gasteiger partial charge < -0.3 is 19.7 Å². The normalized spacial score (nSPS) is 17.5. The highest BCUT2D eigenvalue weighted by molar-refractivity contribution is 5.89. The second-order valence-corrected chi connectivity index (χ2v) is 5.64. The van der Waals surface area contributed by atoms with E-state index in [2.05, 4.69) is 5.32 Å². The first-order valence-electron chi connectivity index (χ1n) is 7.47. The lowest BCUT2D eigenvalue weighted by Gasteiger charge is -2.15. The van der Waals surface area contributed by atoms with Crippen LogP contribution in [0.1, 0.15) is 17.7 Å². The fourth-order valence-electron chi connectivity index (χ4n) is 2.64. The molecule has 0 spiro atoms. The van der Waals surface area contributed by atoms with Gasteiger partial charge in [-0.1, -0.05) is 12.1 Å². The maximum atomic E-state index is 12.2. The van der Waals surface area contributed by atoms with E-state index in [1.54, 1.807) is 41.5 Å². The van der Waals surface area contributed by atoms with Crippen LogP contribution >= 0.6 is 0 Å². The Morgan fingerprint density at radius 1 is 1.30 bits per heavy atom. The number of nitrogens with one attached hydrogen (secondary N) is 1. The summed E-state index contributed by atoms with van der Waals surface area (Å²) >= 11 is 0. The molecule has 1 saturated heterocycles. The highest BCUT2D eigenvalue weighted by Gasteiger charge is 2.34. The van der Waals surface area contributed by atoms with Gasteiger partial charge in [-0.15, -0.1) is 0 Å². The van der Waals surface area contributed by atoms with Crippen LogP contribution in [0.25, 0.3) is 0 Å². The predicted molar refractivity (Wildman–Crippen MR) is 82.2 cm³/mol. The maximum Gasteiger partial charge on any atom is 0.225 e. The topological polar surface area (TPSA) is 82.8 Å². The van der Waals surface area contributed by atoms with E-state index in [-0.39, 0.29) is 29.9 Å². The minimum atomic E-state index is -0.338. The highest BCUT2D eigenvalue weighted by atomic mass is 16.3. The summed E-state index contributed by atoms with van der Waals surface area (Å²) in [4.78, 5) is 25.9. The van der Waals surface area contributed by atoms with E-state index in [9.17, 15) is 14.7 Å². The molecule has 1 aliphatic rings. The molecular weight excluding hydrogens is 296 g/mol. The number of hydrogen-bond acceptors (Lipinski definition) is 4. The molecule has 2 N–H and O–H groups in total. The molecule has 120 valence electrons. The average molecular weight is 314 g/mol. The fraction of sp³-hybridized carbons (Fsp3) is 0.294. The zero-order chi connectivity index (χ0) is 16.2. The molecule has 1 fully saturated rings. The molecule has 6 heteroatoms. The molecule has 1 aromatic carbocycles. The number of rotatable bonds is 5. The Labute approximate surface area is 133 Å². The summed E-state index contributed by atoms with van der Waals surface area (Å²) in [6.45, 7) is 1.18. The molecule has 2 amide bonds. The third-order valence-corrected chi connectivity index (χ3v) is 3.92. The molecule has 2 heterocycles. The van der Waals surface area contributed by atoms with E-state index in [1.807, 2.05) is 6.07 Å². The van der Waals surface area contributed by atoms with Crippen molar-refractivity contribution in [3.05, 3.63) is 54.0 Å². The molecular formula is C17H18N2O4. The minimum Gasteiger partial charge on any atom is -0.508 e. The second-order valence-electron chi connectivity index (χ2n) is 5.64. The number of carbonyl (C=O) groups is 2. The summed E-state index contributed by atoms with van der Waals surface area (Å²) in [6, 6.07) is 10.2. The van der Waals surface area contributed by atoms with Gasteiger partial charge >= 0.3 is 0 Å². The number of phenolic OH excluding ortho intramolecular Hbond substituents is 1. The third-order valence-electron chi connectivity index (χ3n) is 3.92. The molecule has 1 aromatic heterocycles. The van der Waals surface area contributed by atoms with Gasteiger partial charge in [0, 0.05) is 19.5 Å². The first-order valence-corrected chi connectivity index (χ1v) is 7.47. The Morgan fingerprint density at radius 2 is 2.09 bits per heavy atom. The van der Waals surface area contributed by atoms with E-state index < -0.39 is 0 Å².